The number of nitrogens with zero attached hydrogens (tertiary/aromatic N) is 2. The highest BCUT2D eigenvalue weighted by molar-refractivity contribution is 7.92. The van der Waals surface area contributed by atoms with Gasteiger partial charge in [-0.2, -0.15) is 0 Å². The van der Waals surface area contributed by atoms with Crippen molar-refractivity contribution in [2.45, 2.75) is 102 Å². The third-order valence-corrected chi connectivity index (χ3v) is 12.4. The SMILES string of the molecule is C[C@H](C(=O)NC1CCCCC1)N(Cc1ccccc1Cl)C(=O)CN(c1ccc(C23CC4CC(CC(C4)C2)C3)cc1)S(C)(=O)=O. The number of sulfonamides is 1. The molecule has 9 heteroatoms. The molecular weight excluding hydrogens is 594 g/mol. The summed E-state index contributed by atoms with van der Waals surface area (Å²) < 4.78 is 27.4. The molecule has 0 saturated heterocycles. The molecule has 0 unspecified atom stereocenters. The number of hydrogen-bond acceptors (Lipinski definition) is 4. The molecule has 5 saturated carbocycles. The summed E-state index contributed by atoms with van der Waals surface area (Å²) in [6.45, 7) is 1.40. The Morgan fingerprint density at radius 2 is 1.52 bits per heavy atom. The van der Waals surface area contributed by atoms with Crippen LogP contribution in [-0.2, 0) is 31.6 Å². The number of benzene rings is 2. The van der Waals surface area contributed by atoms with E-state index in [9.17, 15) is 18.0 Å². The van der Waals surface area contributed by atoms with Gasteiger partial charge in [-0.05, 0) is 111 Å². The van der Waals surface area contributed by atoms with Crippen molar-refractivity contribution in [1.82, 2.24) is 10.2 Å². The van der Waals surface area contributed by atoms with Crippen molar-refractivity contribution in [2.75, 3.05) is 17.1 Å². The molecule has 5 fully saturated rings. The molecule has 2 amide bonds. The first kappa shape index (κ1) is 31.4. The summed E-state index contributed by atoms with van der Waals surface area (Å²) in [6, 6.07) is 14.4. The molecule has 2 aromatic carbocycles. The molecule has 0 heterocycles. The van der Waals surface area contributed by atoms with Crippen LogP contribution < -0.4 is 9.62 Å². The van der Waals surface area contributed by atoms with Crippen LogP contribution in [0.2, 0.25) is 5.02 Å². The highest BCUT2D eigenvalue weighted by Gasteiger charge is 2.51. The molecule has 0 aromatic heterocycles. The number of nitrogens with one attached hydrogen (secondary N) is 1. The lowest BCUT2D eigenvalue weighted by Gasteiger charge is -2.57. The first-order valence-electron chi connectivity index (χ1n) is 16.4. The van der Waals surface area contributed by atoms with Crippen LogP contribution in [0.4, 0.5) is 5.69 Å². The van der Waals surface area contributed by atoms with Gasteiger partial charge in [0.25, 0.3) is 0 Å². The molecule has 5 aliphatic carbocycles. The summed E-state index contributed by atoms with van der Waals surface area (Å²) in [7, 11) is -3.79. The molecular formula is C35H46ClN3O4S. The van der Waals surface area contributed by atoms with Gasteiger partial charge in [0.2, 0.25) is 21.8 Å². The van der Waals surface area contributed by atoms with Gasteiger partial charge in [0.15, 0.2) is 0 Å². The lowest BCUT2D eigenvalue weighted by molar-refractivity contribution is -0.139. The maximum atomic E-state index is 14.0. The van der Waals surface area contributed by atoms with Gasteiger partial charge in [-0.1, -0.05) is 61.2 Å². The van der Waals surface area contributed by atoms with E-state index in [-0.39, 0.29) is 23.9 Å². The van der Waals surface area contributed by atoms with Gasteiger partial charge >= 0.3 is 0 Å². The molecule has 4 bridgehead atoms. The van der Waals surface area contributed by atoms with Crippen LogP contribution in [0, 0.1) is 17.8 Å². The summed E-state index contributed by atoms with van der Waals surface area (Å²) in [5.74, 6) is 1.75. The van der Waals surface area contributed by atoms with Gasteiger partial charge < -0.3 is 10.2 Å². The van der Waals surface area contributed by atoms with Crippen molar-refractivity contribution < 1.29 is 18.0 Å². The second-order valence-corrected chi connectivity index (χ2v) is 16.5. The number of hydrogen-bond donors (Lipinski definition) is 1. The normalized spacial score (nSPS) is 27.1. The molecule has 238 valence electrons. The van der Waals surface area contributed by atoms with Crippen LogP contribution in [0.15, 0.2) is 48.5 Å². The van der Waals surface area contributed by atoms with Crippen molar-refractivity contribution in [1.29, 1.82) is 0 Å². The van der Waals surface area contributed by atoms with Crippen molar-refractivity contribution in [3.63, 3.8) is 0 Å². The highest BCUT2D eigenvalue weighted by Crippen LogP contribution is 2.60. The molecule has 44 heavy (non-hydrogen) atoms. The maximum absolute atomic E-state index is 14.0. The average molecular weight is 640 g/mol. The Bertz CT molecular complexity index is 1440. The minimum absolute atomic E-state index is 0.0935. The first-order chi connectivity index (χ1) is 21.0. The van der Waals surface area contributed by atoms with Gasteiger partial charge in [0, 0.05) is 17.6 Å². The predicted molar refractivity (Wildman–Crippen MR) is 175 cm³/mol. The molecule has 7 rings (SSSR count). The zero-order valence-corrected chi connectivity index (χ0v) is 27.6. The van der Waals surface area contributed by atoms with Crippen LogP contribution in [-0.4, -0.2) is 50.0 Å². The number of amides is 2. The standard InChI is InChI=1S/C35H46ClN3O4S/c1-24(34(41)37-30-9-4-3-5-10-30)38(22-28-8-6-7-11-32(28)36)33(40)23-39(44(2,42)43)31-14-12-29(13-15-31)35-19-25-16-26(20-35)18-27(17-25)21-35/h6-8,11-15,24-27,30H,3-5,9-10,16-23H2,1-2H3,(H,37,41)/t24-,25?,26?,27?,35?/m1/s1. The van der Waals surface area contributed by atoms with Crippen molar-refractivity contribution in [3.05, 3.63) is 64.7 Å². The van der Waals surface area contributed by atoms with Gasteiger partial charge in [0.1, 0.15) is 12.6 Å². The molecule has 1 atom stereocenters. The van der Waals surface area contributed by atoms with Crippen LogP contribution in [0.3, 0.4) is 0 Å². The van der Waals surface area contributed by atoms with Gasteiger partial charge in [-0.15, -0.1) is 0 Å². The lowest BCUT2D eigenvalue weighted by atomic mass is 9.48. The predicted octanol–water partition coefficient (Wildman–Crippen LogP) is 6.44. The molecule has 0 spiro atoms. The van der Waals surface area contributed by atoms with Crippen molar-refractivity contribution in [2.24, 2.45) is 17.8 Å². The van der Waals surface area contributed by atoms with E-state index in [4.69, 9.17) is 11.6 Å². The molecule has 0 aliphatic heterocycles. The van der Waals surface area contributed by atoms with E-state index in [2.05, 4.69) is 17.4 Å². The molecule has 0 radical (unpaired) electrons. The van der Waals surface area contributed by atoms with Crippen LogP contribution in [0.1, 0.15) is 88.7 Å². The molecule has 2 aromatic rings. The minimum Gasteiger partial charge on any atom is -0.352 e. The van der Waals surface area contributed by atoms with Crippen LogP contribution in [0.25, 0.3) is 0 Å². The van der Waals surface area contributed by atoms with E-state index in [1.54, 1.807) is 13.0 Å². The van der Waals surface area contributed by atoms with E-state index in [1.165, 1.54) is 59.7 Å². The van der Waals surface area contributed by atoms with E-state index < -0.39 is 28.5 Å². The minimum atomic E-state index is -3.79. The first-order valence-corrected chi connectivity index (χ1v) is 18.6. The summed E-state index contributed by atoms with van der Waals surface area (Å²) >= 11 is 6.47. The Labute approximate surface area is 267 Å². The fourth-order valence-corrected chi connectivity index (χ4v) is 10.1. The summed E-state index contributed by atoms with van der Waals surface area (Å²) in [5.41, 5.74) is 2.66. The average Bonchev–Trinajstić information content (AvgIpc) is 2.98. The Kier molecular flexibility index (Phi) is 9.04. The van der Waals surface area contributed by atoms with E-state index in [0.717, 1.165) is 49.7 Å². The third kappa shape index (κ3) is 6.67. The lowest BCUT2D eigenvalue weighted by Crippen LogP contribution is -2.53. The smallest absolute Gasteiger partial charge is 0.244 e. The summed E-state index contributed by atoms with van der Waals surface area (Å²) in [6.07, 6.45) is 14.1. The zero-order valence-electron chi connectivity index (χ0n) is 26.0. The number of rotatable bonds is 10. The van der Waals surface area contributed by atoms with E-state index >= 15 is 0 Å². The monoisotopic (exact) mass is 639 g/mol. The number of carbonyl (C=O) groups excluding carboxylic acids is 2. The third-order valence-electron chi connectivity index (χ3n) is 10.9. The summed E-state index contributed by atoms with van der Waals surface area (Å²) in [4.78, 5) is 28.9. The second-order valence-electron chi connectivity index (χ2n) is 14.1. The van der Waals surface area contributed by atoms with Gasteiger partial charge in [-0.25, -0.2) is 8.42 Å². The second kappa shape index (κ2) is 12.7. The zero-order chi connectivity index (χ0) is 31.1. The fourth-order valence-electron chi connectivity index (χ4n) is 9.02. The van der Waals surface area contributed by atoms with Gasteiger partial charge in [0.05, 0.1) is 11.9 Å². The number of anilines is 1. The van der Waals surface area contributed by atoms with Crippen LogP contribution >= 0.6 is 11.6 Å². The number of halogens is 1. The van der Waals surface area contributed by atoms with E-state index in [0.29, 0.717) is 16.3 Å². The largest absolute Gasteiger partial charge is 0.352 e. The quantitative estimate of drug-likeness (QED) is 0.324. The van der Waals surface area contributed by atoms with Crippen molar-refractivity contribution >= 4 is 39.1 Å². The molecule has 1 N–H and O–H groups in total. The molecule has 7 nitrogen and oxygen atoms in total. The highest BCUT2D eigenvalue weighted by atomic mass is 35.5. The van der Waals surface area contributed by atoms with Crippen molar-refractivity contribution in [3.8, 4) is 0 Å². The Balaban J connectivity index is 1.23. The Hall–Kier alpha value is -2.58. The Morgan fingerprint density at radius 1 is 0.932 bits per heavy atom. The topological polar surface area (TPSA) is 86.8 Å². The maximum Gasteiger partial charge on any atom is 0.244 e. The van der Waals surface area contributed by atoms with E-state index in [1.807, 2.05) is 30.3 Å². The Morgan fingerprint density at radius 3 is 2.09 bits per heavy atom. The van der Waals surface area contributed by atoms with Crippen LogP contribution in [0.5, 0.6) is 0 Å². The fraction of sp³-hybridized carbons (Fsp3) is 0.600. The number of carbonyl (C=O) groups is 2. The van der Waals surface area contributed by atoms with Gasteiger partial charge in [-0.3, -0.25) is 13.9 Å². The molecule has 5 aliphatic rings. The summed E-state index contributed by atoms with van der Waals surface area (Å²) in [5, 5.41) is 3.62.